The number of carbonyl (C=O) groups excluding carboxylic acids is 1. The SMILES string of the molecule is Cc1ccc(NC(=O)N/C=C/c2ccc(Cl)cc2)cn1. The summed E-state index contributed by atoms with van der Waals surface area (Å²) in [4.78, 5) is 15.7. The van der Waals surface area contributed by atoms with Gasteiger partial charge in [-0.1, -0.05) is 23.7 Å². The number of pyridine rings is 1. The molecule has 0 spiro atoms. The van der Waals surface area contributed by atoms with Crippen LogP contribution in [-0.2, 0) is 0 Å². The molecule has 0 saturated carbocycles. The van der Waals surface area contributed by atoms with Crippen molar-refractivity contribution in [1.29, 1.82) is 0 Å². The van der Waals surface area contributed by atoms with Gasteiger partial charge in [-0.25, -0.2) is 4.79 Å². The third-order valence-electron chi connectivity index (χ3n) is 2.53. The van der Waals surface area contributed by atoms with Crippen molar-refractivity contribution in [3.63, 3.8) is 0 Å². The maximum Gasteiger partial charge on any atom is 0.323 e. The number of hydrogen-bond donors (Lipinski definition) is 2. The summed E-state index contributed by atoms with van der Waals surface area (Å²) in [6.07, 6.45) is 4.96. The summed E-state index contributed by atoms with van der Waals surface area (Å²) in [5.41, 5.74) is 2.50. The summed E-state index contributed by atoms with van der Waals surface area (Å²) in [6.45, 7) is 1.89. The van der Waals surface area contributed by atoms with E-state index < -0.39 is 0 Å². The molecule has 0 bridgehead atoms. The van der Waals surface area contributed by atoms with Gasteiger partial charge < -0.3 is 10.6 Å². The van der Waals surface area contributed by atoms with Crippen LogP contribution < -0.4 is 10.6 Å². The van der Waals surface area contributed by atoms with Crippen LogP contribution in [0.3, 0.4) is 0 Å². The molecule has 0 aliphatic carbocycles. The number of nitrogens with zero attached hydrogens (tertiary/aromatic N) is 1. The van der Waals surface area contributed by atoms with E-state index in [2.05, 4.69) is 15.6 Å². The molecule has 1 aromatic heterocycles. The molecule has 0 fully saturated rings. The molecule has 2 aromatic rings. The summed E-state index contributed by atoms with van der Waals surface area (Å²) in [5, 5.41) is 5.98. The Balaban J connectivity index is 1.85. The van der Waals surface area contributed by atoms with Gasteiger partial charge in [0, 0.05) is 16.9 Å². The van der Waals surface area contributed by atoms with Crippen LogP contribution in [0.25, 0.3) is 6.08 Å². The first-order valence-electron chi connectivity index (χ1n) is 6.06. The predicted molar refractivity (Wildman–Crippen MR) is 81.6 cm³/mol. The van der Waals surface area contributed by atoms with E-state index in [4.69, 9.17) is 11.6 Å². The van der Waals surface area contributed by atoms with Gasteiger partial charge in [0.05, 0.1) is 11.9 Å². The molecule has 1 aromatic carbocycles. The van der Waals surface area contributed by atoms with Gasteiger partial charge in [-0.3, -0.25) is 4.98 Å². The van der Waals surface area contributed by atoms with Gasteiger partial charge in [0.15, 0.2) is 0 Å². The first-order valence-corrected chi connectivity index (χ1v) is 6.43. The average molecular weight is 288 g/mol. The molecular formula is C15H14ClN3O. The molecule has 0 saturated heterocycles. The number of carbonyl (C=O) groups is 1. The lowest BCUT2D eigenvalue weighted by atomic mass is 10.2. The van der Waals surface area contributed by atoms with Crippen LogP contribution in [0.15, 0.2) is 48.8 Å². The van der Waals surface area contributed by atoms with Gasteiger partial charge in [-0.2, -0.15) is 0 Å². The topological polar surface area (TPSA) is 54.0 Å². The summed E-state index contributed by atoms with van der Waals surface area (Å²) >= 11 is 5.79. The van der Waals surface area contributed by atoms with E-state index in [1.807, 2.05) is 25.1 Å². The average Bonchev–Trinajstić information content (AvgIpc) is 2.44. The molecule has 2 N–H and O–H groups in total. The fourth-order valence-electron chi connectivity index (χ4n) is 1.50. The van der Waals surface area contributed by atoms with E-state index in [-0.39, 0.29) is 6.03 Å². The maximum atomic E-state index is 11.6. The summed E-state index contributed by atoms with van der Waals surface area (Å²) < 4.78 is 0. The summed E-state index contributed by atoms with van der Waals surface area (Å²) in [7, 11) is 0. The number of aromatic nitrogens is 1. The normalized spacial score (nSPS) is 10.5. The second-order valence-corrected chi connectivity index (χ2v) is 4.61. The van der Waals surface area contributed by atoms with Crippen LogP contribution >= 0.6 is 11.6 Å². The molecule has 102 valence electrons. The molecule has 0 aliphatic heterocycles. The number of hydrogen-bond acceptors (Lipinski definition) is 2. The van der Waals surface area contributed by atoms with Gasteiger partial charge in [0.1, 0.15) is 0 Å². The number of urea groups is 1. The molecule has 0 unspecified atom stereocenters. The molecule has 20 heavy (non-hydrogen) atoms. The van der Waals surface area contributed by atoms with Crippen molar-refractivity contribution in [1.82, 2.24) is 10.3 Å². The van der Waals surface area contributed by atoms with Gasteiger partial charge in [0.25, 0.3) is 0 Å². The molecule has 2 rings (SSSR count). The Kier molecular flexibility index (Phi) is 4.74. The molecule has 0 radical (unpaired) electrons. The van der Waals surface area contributed by atoms with Crippen molar-refractivity contribution in [3.8, 4) is 0 Å². The second kappa shape index (κ2) is 6.73. The minimum atomic E-state index is -0.319. The van der Waals surface area contributed by atoms with Crippen molar-refractivity contribution in [3.05, 3.63) is 65.1 Å². The zero-order valence-electron chi connectivity index (χ0n) is 10.9. The highest BCUT2D eigenvalue weighted by Gasteiger charge is 1.98. The quantitative estimate of drug-likeness (QED) is 0.901. The monoisotopic (exact) mass is 287 g/mol. The van der Waals surface area contributed by atoms with Crippen LogP contribution in [0.2, 0.25) is 5.02 Å². The van der Waals surface area contributed by atoms with Crippen LogP contribution in [0.1, 0.15) is 11.3 Å². The number of rotatable bonds is 3. The zero-order valence-corrected chi connectivity index (χ0v) is 11.7. The molecule has 1 heterocycles. The van der Waals surface area contributed by atoms with Crippen LogP contribution in [0.5, 0.6) is 0 Å². The van der Waals surface area contributed by atoms with E-state index >= 15 is 0 Å². The van der Waals surface area contributed by atoms with Gasteiger partial charge in [-0.05, 0) is 42.8 Å². The minimum absolute atomic E-state index is 0.319. The smallest absolute Gasteiger partial charge is 0.314 e. The van der Waals surface area contributed by atoms with E-state index in [1.54, 1.807) is 36.7 Å². The van der Waals surface area contributed by atoms with E-state index in [1.165, 1.54) is 0 Å². The van der Waals surface area contributed by atoms with Crippen molar-refractivity contribution < 1.29 is 4.79 Å². The van der Waals surface area contributed by atoms with Crippen LogP contribution in [0.4, 0.5) is 10.5 Å². The Labute approximate surface area is 122 Å². The number of amides is 2. The zero-order chi connectivity index (χ0) is 14.4. The molecule has 2 amide bonds. The number of nitrogens with one attached hydrogen (secondary N) is 2. The number of aryl methyl sites for hydroxylation is 1. The number of halogens is 1. The first kappa shape index (κ1) is 14.1. The highest BCUT2D eigenvalue weighted by atomic mass is 35.5. The summed E-state index contributed by atoms with van der Waals surface area (Å²) in [6, 6.07) is 10.6. The van der Waals surface area contributed by atoms with Gasteiger partial charge in [0.2, 0.25) is 0 Å². The largest absolute Gasteiger partial charge is 0.323 e. The standard InChI is InChI=1S/C15H14ClN3O/c1-11-2-7-14(10-18-11)19-15(20)17-9-8-12-3-5-13(16)6-4-12/h2-10H,1H3,(H2,17,19,20)/b9-8+. The highest BCUT2D eigenvalue weighted by Crippen LogP contribution is 2.10. The maximum absolute atomic E-state index is 11.6. The van der Waals surface area contributed by atoms with Crippen molar-refractivity contribution in [2.24, 2.45) is 0 Å². The Morgan fingerprint density at radius 3 is 2.60 bits per heavy atom. The van der Waals surface area contributed by atoms with Crippen molar-refractivity contribution in [2.45, 2.75) is 6.92 Å². The molecular weight excluding hydrogens is 274 g/mol. The number of benzene rings is 1. The molecule has 0 atom stereocenters. The molecule has 5 heteroatoms. The van der Waals surface area contributed by atoms with E-state index in [0.29, 0.717) is 10.7 Å². The Bertz CT molecular complexity index is 606. The fourth-order valence-corrected chi connectivity index (χ4v) is 1.62. The lowest BCUT2D eigenvalue weighted by Crippen LogP contribution is -2.23. The van der Waals surface area contributed by atoms with Gasteiger partial charge >= 0.3 is 6.03 Å². The Hall–Kier alpha value is -2.33. The first-order chi connectivity index (χ1) is 9.63. The Morgan fingerprint density at radius 1 is 1.20 bits per heavy atom. The molecule has 0 aliphatic rings. The minimum Gasteiger partial charge on any atom is -0.314 e. The Morgan fingerprint density at radius 2 is 1.95 bits per heavy atom. The van der Waals surface area contributed by atoms with E-state index in [0.717, 1.165) is 11.3 Å². The predicted octanol–water partition coefficient (Wildman–Crippen LogP) is 3.84. The lowest BCUT2D eigenvalue weighted by Gasteiger charge is -2.04. The van der Waals surface area contributed by atoms with Crippen molar-refractivity contribution >= 4 is 29.4 Å². The molecule has 4 nitrogen and oxygen atoms in total. The van der Waals surface area contributed by atoms with E-state index in [9.17, 15) is 4.79 Å². The second-order valence-electron chi connectivity index (χ2n) is 4.17. The number of anilines is 1. The van der Waals surface area contributed by atoms with Gasteiger partial charge in [-0.15, -0.1) is 0 Å². The third kappa shape index (κ3) is 4.40. The highest BCUT2D eigenvalue weighted by molar-refractivity contribution is 6.30. The summed E-state index contributed by atoms with van der Waals surface area (Å²) in [5.74, 6) is 0. The fraction of sp³-hybridized carbons (Fsp3) is 0.0667. The van der Waals surface area contributed by atoms with Crippen molar-refractivity contribution in [2.75, 3.05) is 5.32 Å². The van der Waals surface area contributed by atoms with Crippen LogP contribution in [0, 0.1) is 6.92 Å². The lowest BCUT2D eigenvalue weighted by molar-refractivity contribution is 0.255. The van der Waals surface area contributed by atoms with Crippen LogP contribution in [-0.4, -0.2) is 11.0 Å². The third-order valence-corrected chi connectivity index (χ3v) is 2.78.